The van der Waals surface area contributed by atoms with Crippen molar-refractivity contribution in [1.82, 2.24) is 5.32 Å². The first-order valence-corrected chi connectivity index (χ1v) is 5.85. The number of halogens is 2. The Bertz CT molecular complexity index is 329. The average Bonchev–Trinajstić information content (AvgIpc) is 2.28. The first-order chi connectivity index (χ1) is 8.09. The summed E-state index contributed by atoms with van der Waals surface area (Å²) in [7, 11) is 0. The van der Waals surface area contributed by atoms with Crippen LogP contribution in [-0.2, 0) is 6.54 Å². The van der Waals surface area contributed by atoms with E-state index in [0.29, 0.717) is 6.54 Å². The van der Waals surface area contributed by atoms with Gasteiger partial charge in [0.05, 0.1) is 6.10 Å². The second-order valence-electron chi connectivity index (χ2n) is 4.21. The summed E-state index contributed by atoms with van der Waals surface area (Å²) in [6, 6.07) is 6.43. The lowest BCUT2D eigenvalue weighted by Gasteiger charge is -2.07. The largest absolute Gasteiger partial charge is 0.393 e. The van der Waals surface area contributed by atoms with E-state index in [1.165, 1.54) is 12.1 Å². The maximum absolute atomic E-state index is 12.4. The van der Waals surface area contributed by atoms with Crippen LogP contribution in [0.2, 0.25) is 0 Å². The quantitative estimate of drug-likeness (QED) is 0.722. The van der Waals surface area contributed by atoms with Gasteiger partial charge < -0.3 is 10.4 Å². The second-order valence-corrected chi connectivity index (χ2v) is 4.21. The monoisotopic (exact) mass is 243 g/mol. The Labute approximate surface area is 101 Å². The van der Waals surface area contributed by atoms with E-state index < -0.39 is 6.43 Å². The van der Waals surface area contributed by atoms with E-state index in [1.54, 1.807) is 13.0 Å². The number of hydrogen-bond acceptors (Lipinski definition) is 2. The Balaban J connectivity index is 2.29. The van der Waals surface area contributed by atoms with Gasteiger partial charge in [0.1, 0.15) is 0 Å². The Kier molecular flexibility index (Phi) is 6.08. The molecule has 0 aliphatic carbocycles. The highest BCUT2D eigenvalue weighted by atomic mass is 19.3. The van der Waals surface area contributed by atoms with E-state index in [1.807, 2.05) is 6.07 Å². The zero-order valence-electron chi connectivity index (χ0n) is 10.00. The Hall–Kier alpha value is -1.00. The number of benzene rings is 1. The third-order valence-corrected chi connectivity index (χ3v) is 2.51. The van der Waals surface area contributed by atoms with Gasteiger partial charge in [-0.1, -0.05) is 18.2 Å². The molecule has 2 nitrogen and oxygen atoms in total. The Morgan fingerprint density at radius 2 is 2.12 bits per heavy atom. The molecule has 0 saturated heterocycles. The fraction of sp³-hybridized carbons (Fsp3) is 0.538. The predicted molar refractivity (Wildman–Crippen MR) is 64.0 cm³/mol. The molecule has 1 rings (SSSR count). The van der Waals surface area contributed by atoms with Crippen LogP contribution in [0.15, 0.2) is 24.3 Å². The molecule has 1 aromatic carbocycles. The van der Waals surface area contributed by atoms with E-state index in [4.69, 9.17) is 5.11 Å². The summed E-state index contributed by atoms with van der Waals surface area (Å²) in [6.07, 6.45) is -1.06. The topological polar surface area (TPSA) is 32.3 Å². The van der Waals surface area contributed by atoms with E-state index in [-0.39, 0.29) is 11.7 Å². The molecule has 1 aromatic rings. The van der Waals surface area contributed by atoms with E-state index >= 15 is 0 Å². The van der Waals surface area contributed by atoms with Gasteiger partial charge in [0, 0.05) is 12.1 Å². The minimum absolute atomic E-state index is 0.0632. The standard InChI is InChI=1S/C13H19F2NO/c1-10(17)4-3-7-16-9-11-5-2-6-12(8-11)13(14)15/h2,5-6,8,10,13,16-17H,3-4,7,9H2,1H3. The maximum Gasteiger partial charge on any atom is 0.263 e. The first-order valence-electron chi connectivity index (χ1n) is 5.85. The molecule has 0 heterocycles. The third-order valence-electron chi connectivity index (χ3n) is 2.51. The van der Waals surface area contributed by atoms with Gasteiger partial charge in [-0.3, -0.25) is 0 Å². The minimum Gasteiger partial charge on any atom is -0.393 e. The normalized spacial score (nSPS) is 13.0. The van der Waals surface area contributed by atoms with Crippen LogP contribution in [0.3, 0.4) is 0 Å². The molecule has 96 valence electrons. The van der Waals surface area contributed by atoms with Crippen molar-refractivity contribution in [2.24, 2.45) is 0 Å². The lowest BCUT2D eigenvalue weighted by Crippen LogP contribution is -2.16. The van der Waals surface area contributed by atoms with Crippen molar-refractivity contribution in [1.29, 1.82) is 0 Å². The molecule has 2 N–H and O–H groups in total. The van der Waals surface area contributed by atoms with Crippen molar-refractivity contribution >= 4 is 0 Å². The molecule has 0 radical (unpaired) electrons. The maximum atomic E-state index is 12.4. The van der Waals surface area contributed by atoms with E-state index in [0.717, 1.165) is 24.9 Å². The fourth-order valence-corrected chi connectivity index (χ4v) is 1.59. The molecule has 4 heteroatoms. The molecule has 0 fully saturated rings. The molecule has 0 saturated carbocycles. The number of hydrogen-bond donors (Lipinski definition) is 2. The SMILES string of the molecule is CC(O)CCCNCc1cccc(C(F)F)c1. The zero-order chi connectivity index (χ0) is 12.7. The first kappa shape index (κ1) is 14.1. The molecule has 0 aliphatic rings. The van der Waals surface area contributed by atoms with Gasteiger partial charge in [0.15, 0.2) is 0 Å². The zero-order valence-corrected chi connectivity index (χ0v) is 10.00. The van der Waals surface area contributed by atoms with Crippen LogP contribution >= 0.6 is 0 Å². The van der Waals surface area contributed by atoms with E-state index in [2.05, 4.69) is 5.32 Å². The lowest BCUT2D eigenvalue weighted by molar-refractivity contribution is 0.151. The second kappa shape index (κ2) is 7.35. The predicted octanol–water partition coefficient (Wildman–Crippen LogP) is 2.87. The fourth-order valence-electron chi connectivity index (χ4n) is 1.59. The van der Waals surface area contributed by atoms with E-state index in [9.17, 15) is 8.78 Å². The van der Waals surface area contributed by atoms with Crippen molar-refractivity contribution in [3.8, 4) is 0 Å². The van der Waals surface area contributed by atoms with Crippen molar-refractivity contribution in [2.45, 2.75) is 38.8 Å². The molecule has 0 amide bonds. The summed E-state index contributed by atoms with van der Waals surface area (Å²) in [5, 5.41) is 12.2. The molecule has 1 unspecified atom stereocenters. The van der Waals surface area contributed by atoms with Gasteiger partial charge in [0.25, 0.3) is 6.43 Å². The summed E-state index contributed by atoms with van der Waals surface area (Å²) >= 11 is 0. The Morgan fingerprint density at radius 3 is 2.76 bits per heavy atom. The van der Waals surface area contributed by atoms with Gasteiger partial charge >= 0.3 is 0 Å². The number of alkyl halides is 2. The average molecular weight is 243 g/mol. The molecule has 1 atom stereocenters. The van der Waals surface area contributed by atoms with Crippen molar-refractivity contribution < 1.29 is 13.9 Å². The number of rotatable bonds is 7. The third kappa shape index (κ3) is 5.75. The number of nitrogens with one attached hydrogen (secondary N) is 1. The highest BCUT2D eigenvalue weighted by Crippen LogP contribution is 2.19. The van der Waals surface area contributed by atoms with Gasteiger partial charge in [-0.05, 0) is 37.9 Å². The van der Waals surface area contributed by atoms with Crippen LogP contribution in [0.5, 0.6) is 0 Å². The van der Waals surface area contributed by atoms with Crippen LogP contribution < -0.4 is 5.32 Å². The molecule has 0 aliphatic heterocycles. The highest BCUT2D eigenvalue weighted by molar-refractivity contribution is 5.24. The summed E-state index contributed by atoms with van der Waals surface area (Å²) in [4.78, 5) is 0. The van der Waals surface area contributed by atoms with Crippen LogP contribution in [0, 0.1) is 0 Å². The number of aliphatic hydroxyl groups excluding tert-OH is 1. The van der Waals surface area contributed by atoms with Gasteiger partial charge in [-0.25, -0.2) is 8.78 Å². The summed E-state index contributed by atoms with van der Waals surface area (Å²) in [5.41, 5.74) is 0.924. The van der Waals surface area contributed by atoms with Crippen molar-refractivity contribution in [2.75, 3.05) is 6.54 Å². The lowest BCUT2D eigenvalue weighted by atomic mass is 10.1. The highest BCUT2D eigenvalue weighted by Gasteiger charge is 2.06. The molecule has 0 aromatic heterocycles. The van der Waals surface area contributed by atoms with Gasteiger partial charge in [-0.2, -0.15) is 0 Å². The summed E-state index contributed by atoms with van der Waals surface area (Å²) < 4.78 is 24.9. The number of aliphatic hydroxyl groups is 1. The smallest absolute Gasteiger partial charge is 0.263 e. The molecule has 0 bridgehead atoms. The van der Waals surface area contributed by atoms with Gasteiger partial charge in [0.2, 0.25) is 0 Å². The Morgan fingerprint density at radius 1 is 1.35 bits per heavy atom. The summed E-state index contributed by atoms with van der Waals surface area (Å²) in [6.45, 7) is 3.12. The van der Waals surface area contributed by atoms with Crippen LogP contribution in [0.1, 0.15) is 37.3 Å². The molecule has 0 spiro atoms. The van der Waals surface area contributed by atoms with Crippen molar-refractivity contribution in [3.05, 3.63) is 35.4 Å². The molecular formula is C13H19F2NO. The molecular weight excluding hydrogens is 224 g/mol. The van der Waals surface area contributed by atoms with Crippen LogP contribution in [0.25, 0.3) is 0 Å². The van der Waals surface area contributed by atoms with Crippen LogP contribution in [0.4, 0.5) is 8.78 Å². The summed E-state index contributed by atoms with van der Waals surface area (Å²) in [5.74, 6) is 0. The van der Waals surface area contributed by atoms with Crippen LogP contribution in [-0.4, -0.2) is 17.8 Å². The minimum atomic E-state index is -2.41. The van der Waals surface area contributed by atoms with Crippen molar-refractivity contribution in [3.63, 3.8) is 0 Å². The molecule has 17 heavy (non-hydrogen) atoms. The van der Waals surface area contributed by atoms with Gasteiger partial charge in [-0.15, -0.1) is 0 Å².